The summed E-state index contributed by atoms with van der Waals surface area (Å²) in [5, 5.41) is 2.72. The van der Waals surface area contributed by atoms with Crippen molar-refractivity contribution in [1.82, 2.24) is 15.2 Å². The molecule has 9 heteroatoms. The number of hydrogen-bond donors (Lipinski definition) is 1. The molecule has 1 aromatic rings. The molecule has 0 bridgehead atoms. The SMILES string of the molecule is CC(NC(=O)C(C)(C)C)C(=O)N1CCN(c2ccc(C(F)(F)F)cn2)CC1. The first-order valence-electron chi connectivity index (χ1n) is 8.77. The number of pyridine rings is 1. The fourth-order valence-electron chi connectivity index (χ4n) is 2.65. The van der Waals surface area contributed by atoms with E-state index in [1.54, 1.807) is 32.6 Å². The average molecular weight is 386 g/mol. The van der Waals surface area contributed by atoms with E-state index in [1.165, 1.54) is 6.07 Å². The third-order valence-electron chi connectivity index (χ3n) is 4.39. The Morgan fingerprint density at radius 1 is 1.11 bits per heavy atom. The molecule has 0 radical (unpaired) electrons. The first-order valence-corrected chi connectivity index (χ1v) is 8.77. The molecule has 1 aliphatic heterocycles. The van der Waals surface area contributed by atoms with Crippen molar-refractivity contribution in [3.05, 3.63) is 23.9 Å². The van der Waals surface area contributed by atoms with Crippen LogP contribution < -0.4 is 10.2 Å². The Labute approximate surface area is 156 Å². The summed E-state index contributed by atoms with van der Waals surface area (Å²) in [5.41, 5.74) is -1.37. The van der Waals surface area contributed by atoms with Crippen LogP contribution in [0.25, 0.3) is 0 Å². The summed E-state index contributed by atoms with van der Waals surface area (Å²) >= 11 is 0. The smallest absolute Gasteiger partial charge is 0.353 e. The molecular weight excluding hydrogens is 361 g/mol. The first-order chi connectivity index (χ1) is 12.4. The van der Waals surface area contributed by atoms with E-state index in [0.717, 1.165) is 12.3 Å². The van der Waals surface area contributed by atoms with Gasteiger partial charge >= 0.3 is 6.18 Å². The highest BCUT2D eigenvalue weighted by molar-refractivity contribution is 5.89. The maximum atomic E-state index is 12.6. The van der Waals surface area contributed by atoms with Crippen LogP contribution in [0.15, 0.2) is 18.3 Å². The van der Waals surface area contributed by atoms with Crippen LogP contribution in [0.2, 0.25) is 0 Å². The molecular formula is C18H25F3N4O2. The second-order valence-corrected chi connectivity index (χ2v) is 7.66. The number of amides is 2. The first kappa shape index (κ1) is 21.0. The van der Waals surface area contributed by atoms with Crippen LogP contribution in [0.5, 0.6) is 0 Å². The van der Waals surface area contributed by atoms with Crippen molar-refractivity contribution in [2.45, 2.75) is 39.9 Å². The Bertz CT molecular complexity index is 675. The molecule has 1 N–H and O–H groups in total. The number of piperazine rings is 1. The number of carbonyl (C=O) groups excluding carboxylic acids is 2. The number of carbonyl (C=O) groups is 2. The molecule has 2 amide bonds. The summed E-state index contributed by atoms with van der Waals surface area (Å²) in [4.78, 5) is 31.9. The third-order valence-corrected chi connectivity index (χ3v) is 4.39. The van der Waals surface area contributed by atoms with Gasteiger partial charge in [-0.25, -0.2) is 4.98 Å². The van der Waals surface area contributed by atoms with Crippen LogP contribution in [-0.2, 0) is 15.8 Å². The predicted molar refractivity (Wildman–Crippen MR) is 95.1 cm³/mol. The number of nitrogens with one attached hydrogen (secondary N) is 1. The number of nitrogens with zero attached hydrogens (tertiary/aromatic N) is 3. The number of alkyl halides is 3. The van der Waals surface area contributed by atoms with Crippen molar-refractivity contribution >= 4 is 17.6 Å². The van der Waals surface area contributed by atoms with Gasteiger partial charge in [0.15, 0.2) is 0 Å². The van der Waals surface area contributed by atoms with Gasteiger partial charge in [0.2, 0.25) is 11.8 Å². The van der Waals surface area contributed by atoms with Gasteiger partial charge in [-0.15, -0.1) is 0 Å². The quantitative estimate of drug-likeness (QED) is 0.866. The topological polar surface area (TPSA) is 65.5 Å². The van der Waals surface area contributed by atoms with Gasteiger partial charge < -0.3 is 15.1 Å². The molecule has 2 rings (SSSR count). The lowest BCUT2D eigenvalue weighted by molar-refractivity contribution is -0.138. The second-order valence-electron chi connectivity index (χ2n) is 7.66. The maximum absolute atomic E-state index is 12.6. The fraction of sp³-hybridized carbons (Fsp3) is 0.611. The number of halogens is 3. The van der Waals surface area contributed by atoms with E-state index in [0.29, 0.717) is 32.0 Å². The number of anilines is 1. The van der Waals surface area contributed by atoms with Gasteiger partial charge in [-0.05, 0) is 19.1 Å². The minimum absolute atomic E-state index is 0.173. The zero-order valence-electron chi connectivity index (χ0n) is 15.9. The Kier molecular flexibility index (Phi) is 6.01. The second kappa shape index (κ2) is 7.74. The molecule has 0 aromatic carbocycles. The van der Waals surface area contributed by atoms with Gasteiger partial charge in [-0.3, -0.25) is 9.59 Å². The molecule has 1 aliphatic rings. The van der Waals surface area contributed by atoms with Crippen molar-refractivity contribution in [1.29, 1.82) is 0 Å². The molecule has 1 atom stereocenters. The van der Waals surface area contributed by atoms with Crippen LogP contribution in [0.4, 0.5) is 19.0 Å². The van der Waals surface area contributed by atoms with E-state index in [-0.39, 0.29) is 11.8 Å². The summed E-state index contributed by atoms with van der Waals surface area (Å²) in [6.07, 6.45) is -3.60. The molecule has 0 aliphatic carbocycles. The van der Waals surface area contributed by atoms with E-state index >= 15 is 0 Å². The summed E-state index contributed by atoms with van der Waals surface area (Å²) in [6, 6.07) is 1.71. The highest BCUT2D eigenvalue weighted by Gasteiger charge is 2.32. The lowest BCUT2D eigenvalue weighted by atomic mass is 9.95. The van der Waals surface area contributed by atoms with Crippen molar-refractivity contribution in [3.63, 3.8) is 0 Å². The monoisotopic (exact) mass is 386 g/mol. The van der Waals surface area contributed by atoms with Crippen LogP contribution in [0.1, 0.15) is 33.3 Å². The summed E-state index contributed by atoms with van der Waals surface area (Å²) in [6.45, 7) is 8.72. The number of rotatable bonds is 3. The van der Waals surface area contributed by atoms with Gasteiger partial charge in [-0.2, -0.15) is 13.2 Å². The van der Waals surface area contributed by atoms with Crippen LogP contribution in [-0.4, -0.2) is 53.9 Å². The molecule has 1 unspecified atom stereocenters. The number of aromatic nitrogens is 1. The minimum atomic E-state index is -4.41. The molecule has 2 heterocycles. The lowest BCUT2D eigenvalue weighted by Gasteiger charge is -2.37. The lowest BCUT2D eigenvalue weighted by Crippen LogP contribution is -2.55. The summed E-state index contributed by atoms with van der Waals surface area (Å²) in [7, 11) is 0. The molecule has 1 saturated heterocycles. The van der Waals surface area contributed by atoms with Crippen molar-refractivity contribution in [2.75, 3.05) is 31.1 Å². The van der Waals surface area contributed by atoms with E-state index in [4.69, 9.17) is 0 Å². The molecule has 27 heavy (non-hydrogen) atoms. The van der Waals surface area contributed by atoms with Crippen molar-refractivity contribution in [3.8, 4) is 0 Å². The van der Waals surface area contributed by atoms with E-state index in [9.17, 15) is 22.8 Å². The minimum Gasteiger partial charge on any atom is -0.353 e. The normalized spacial score (nSPS) is 16.9. The molecule has 6 nitrogen and oxygen atoms in total. The zero-order chi connectivity index (χ0) is 20.4. The maximum Gasteiger partial charge on any atom is 0.417 e. The summed E-state index contributed by atoms with van der Waals surface area (Å²) in [5.74, 6) is 0.0766. The van der Waals surface area contributed by atoms with Gasteiger partial charge in [-0.1, -0.05) is 20.8 Å². The zero-order valence-corrected chi connectivity index (χ0v) is 15.9. The predicted octanol–water partition coefficient (Wildman–Crippen LogP) is 2.30. The van der Waals surface area contributed by atoms with Gasteiger partial charge in [0.05, 0.1) is 5.56 Å². The van der Waals surface area contributed by atoms with E-state index in [2.05, 4.69) is 10.3 Å². The highest BCUT2D eigenvalue weighted by Crippen LogP contribution is 2.29. The van der Waals surface area contributed by atoms with E-state index < -0.39 is 23.2 Å². The molecule has 0 spiro atoms. The Hall–Kier alpha value is -2.32. The van der Waals surface area contributed by atoms with Crippen LogP contribution in [0.3, 0.4) is 0 Å². The molecule has 1 fully saturated rings. The molecule has 0 saturated carbocycles. The largest absolute Gasteiger partial charge is 0.417 e. The van der Waals surface area contributed by atoms with Crippen LogP contribution >= 0.6 is 0 Å². The third kappa shape index (κ3) is 5.33. The van der Waals surface area contributed by atoms with Gasteiger partial charge in [0.25, 0.3) is 0 Å². The van der Waals surface area contributed by atoms with Gasteiger partial charge in [0.1, 0.15) is 11.9 Å². The van der Waals surface area contributed by atoms with Crippen molar-refractivity contribution in [2.24, 2.45) is 5.41 Å². The Morgan fingerprint density at radius 3 is 2.15 bits per heavy atom. The highest BCUT2D eigenvalue weighted by atomic mass is 19.4. The average Bonchev–Trinajstić information content (AvgIpc) is 2.59. The van der Waals surface area contributed by atoms with Crippen molar-refractivity contribution < 1.29 is 22.8 Å². The Morgan fingerprint density at radius 2 is 1.70 bits per heavy atom. The van der Waals surface area contributed by atoms with Gasteiger partial charge in [0, 0.05) is 37.8 Å². The molecule has 150 valence electrons. The van der Waals surface area contributed by atoms with E-state index in [1.807, 2.05) is 4.90 Å². The molecule has 1 aromatic heterocycles. The Balaban J connectivity index is 1.91. The van der Waals surface area contributed by atoms with Crippen LogP contribution in [0, 0.1) is 5.41 Å². The fourth-order valence-corrected chi connectivity index (χ4v) is 2.65. The number of hydrogen-bond acceptors (Lipinski definition) is 4. The standard InChI is InChI=1S/C18H25F3N4O2/c1-12(23-16(27)17(2,3)4)15(26)25-9-7-24(8-10-25)14-6-5-13(11-22-14)18(19,20)21/h5-6,11-12H,7-10H2,1-4H3,(H,23,27). The summed E-state index contributed by atoms with van der Waals surface area (Å²) < 4.78 is 37.8.